The molecule has 1 saturated heterocycles. The fourth-order valence-corrected chi connectivity index (χ4v) is 10.3. The van der Waals surface area contributed by atoms with Gasteiger partial charge in [0.25, 0.3) is 5.91 Å². The lowest BCUT2D eigenvalue weighted by molar-refractivity contribution is -0.147. The van der Waals surface area contributed by atoms with Gasteiger partial charge in [-0.3, -0.25) is 9.59 Å². The van der Waals surface area contributed by atoms with Gasteiger partial charge in [0.1, 0.15) is 12.4 Å². The Morgan fingerprint density at radius 2 is 1.92 bits per heavy atom. The third-order valence-corrected chi connectivity index (χ3v) is 14.0. The molecule has 5 aliphatic rings. The van der Waals surface area contributed by atoms with Crippen molar-refractivity contribution in [1.82, 2.24) is 9.62 Å². The Bertz CT molecular complexity index is 1690. The summed E-state index contributed by atoms with van der Waals surface area (Å²) in [5.74, 6) is -0.354. The van der Waals surface area contributed by atoms with Gasteiger partial charge >= 0.3 is 0 Å². The molecule has 7 rings (SSSR count). The number of hydrogen-bond acceptors (Lipinski definition) is 8. The number of aliphatic hydroxyl groups is 1. The summed E-state index contributed by atoms with van der Waals surface area (Å²) in [7, 11) is -4.07. The molecule has 1 saturated carbocycles. The Labute approximate surface area is 288 Å². The number of hydrogen-bond donors (Lipinski definition) is 2. The maximum atomic E-state index is 13.6. The maximum absolute atomic E-state index is 13.6. The first-order valence-electron chi connectivity index (χ1n) is 17.4. The van der Waals surface area contributed by atoms with Gasteiger partial charge in [-0.15, -0.1) is 0 Å². The fourth-order valence-electron chi connectivity index (χ4n) is 8.79. The lowest BCUT2D eigenvalue weighted by atomic mass is 9.67. The first-order chi connectivity index (χ1) is 22.9. The normalized spacial score (nSPS) is 33.8. The molecule has 2 amide bonds. The highest BCUT2D eigenvalue weighted by molar-refractivity contribution is 7.90. The van der Waals surface area contributed by atoms with E-state index in [1.165, 1.54) is 11.1 Å². The van der Waals surface area contributed by atoms with Gasteiger partial charge in [-0.05, 0) is 111 Å². The van der Waals surface area contributed by atoms with Crippen molar-refractivity contribution in [2.45, 2.75) is 81.6 Å². The van der Waals surface area contributed by atoms with Crippen molar-refractivity contribution in [2.75, 3.05) is 44.4 Å². The average Bonchev–Trinajstić information content (AvgIpc) is 3.18. The zero-order valence-electron chi connectivity index (χ0n) is 27.7. The van der Waals surface area contributed by atoms with Crippen molar-refractivity contribution < 1.29 is 32.6 Å². The van der Waals surface area contributed by atoms with Crippen LogP contribution in [0.3, 0.4) is 0 Å². The molecule has 0 aromatic heterocycles. The summed E-state index contributed by atoms with van der Waals surface area (Å²) in [6.07, 6.45) is 4.79. The molecule has 0 radical (unpaired) electrons. The van der Waals surface area contributed by atoms with Crippen LogP contribution in [0.4, 0.5) is 5.69 Å². The summed E-state index contributed by atoms with van der Waals surface area (Å²) in [5, 5.41) is 11.6. The number of carbonyl (C=O) groups excluding carboxylic acids is 2. The zero-order valence-corrected chi connectivity index (χ0v) is 29.3. The number of benzene rings is 2. The number of halogens is 1. The predicted molar refractivity (Wildman–Crippen MR) is 183 cm³/mol. The number of amides is 2. The van der Waals surface area contributed by atoms with Crippen LogP contribution in [0.25, 0.3) is 0 Å². The first kappa shape index (κ1) is 33.6. The third kappa shape index (κ3) is 6.32. The highest BCUT2D eigenvalue weighted by Crippen LogP contribution is 2.47. The molecule has 2 fully saturated rings. The third-order valence-electron chi connectivity index (χ3n) is 11.9. The second kappa shape index (κ2) is 13.1. The van der Waals surface area contributed by atoms with E-state index in [9.17, 15) is 23.1 Å². The Balaban J connectivity index is 1.28. The molecule has 7 atom stereocenters. The minimum atomic E-state index is -4.07. The summed E-state index contributed by atoms with van der Waals surface area (Å²) in [5.41, 5.74) is 3.14. The van der Waals surface area contributed by atoms with Gasteiger partial charge in [0.05, 0.1) is 30.3 Å². The first-order valence-corrected chi connectivity index (χ1v) is 19.3. The standard InChI is InChI=1S/C36H46ClN3O7S/c1-22-14-28(40-12-13-46-19-34(40)42)17-32(41)29-8-5-26(29)18-39-20-36(11-3-4-24-15-27(37)7-9-30(24)36)21-47-33-10-6-25(16-31(33)39)35(43)38-48(44,45)23(22)2/h6-7,9-10,15-16,22-23,26,28-29,32,41H,3-5,8,11-14,17-21H2,1-2H3,(H,38,43)/t22-,23+,26-,28-,29+,32-,36-/m0/s1. The molecule has 3 aliphatic heterocycles. The van der Waals surface area contributed by atoms with Crippen LogP contribution in [-0.4, -0.2) is 87.1 Å². The number of nitrogens with zero attached hydrogens (tertiary/aromatic N) is 2. The van der Waals surface area contributed by atoms with Gasteiger partial charge in [-0.1, -0.05) is 24.6 Å². The fraction of sp³-hybridized carbons (Fsp3) is 0.611. The van der Waals surface area contributed by atoms with E-state index in [-0.39, 0.29) is 41.4 Å². The van der Waals surface area contributed by atoms with E-state index in [4.69, 9.17) is 21.1 Å². The van der Waals surface area contributed by atoms with E-state index in [1.807, 2.05) is 13.0 Å². The van der Waals surface area contributed by atoms with E-state index in [0.717, 1.165) is 37.8 Å². The largest absolute Gasteiger partial charge is 0.490 e. The van der Waals surface area contributed by atoms with Crippen LogP contribution in [0, 0.1) is 17.8 Å². The number of fused-ring (bicyclic) bond motifs is 4. The van der Waals surface area contributed by atoms with Gasteiger partial charge in [-0.2, -0.15) is 0 Å². The summed E-state index contributed by atoms with van der Waals surface area (Å²) >= 11 is 6.42. The molecule has 0 unspecified atom stereocenters. The number of carbonyl (C=O) groups is 2. The molecule has 2 bridgehead atoms. The number of anilines is 1. The number of sulfonamides is 1. The molecule has 2 aromatic carbocycles. The topological polar surface area (TPSA) is 125 Å². The molecule has 48 heavy (non-hydrogen) atoms. The summed E-state index contributed by atoms with van der Waals surface area (Å²) in [6, 6.07) is 10.9. The number of nitrogens with one attached hydrogen (secondary N) is 1. The van der Waals surface area contributed by atoms with Gasteiger partial charge in [0, 0.05) is 41.7 Å². The van der Waals surface area contributed by atoms with Crippen LogP contribution in [0.2, 0.25) is 5.02 Å². The summed E-state index contributed by atoms with van der Waals surface area (Å²) in [6.45, 7) is 5.97. The quantitative estimate of drug-likeness (QED) is 0.452. The minimum Gasteiger partial charge on any atom is -0.490 e. The number of aryl methyl sites for hydroxylation is 1. The second-order valence-corrected chi connectivity index (χ2v) is 17.3. The Hall–Kier alpha value is -2.86. The van der Waals surface area contributed by atoms with Crippen LogP contribution in [0.15, 0.2) is 36.4 Å². The van der Waals surface area contributed by atoms with Crippen molar-refractivity contribution >= 4 is 39.1 Å². The Morgan fingerprint density at radius 3 is 2.69 bits per heavy atom. The number of morpholine rings is 1. The van der Waals surface area contributed by atoms with Crippen molar-refractivity contribution in [1.29, 1.82) is 0 Å². The van der Waals surface area contributed by atoms with Crippen LogP contribution < -0.4 is 14.4 Å². The van der Waals surface area contributed by atoms with Gasteiger partial charge in [0.15, 0.2) is 0 Å². The number of rotatable bonds is 1. The van der Waals surface area contributed by atoms with Crippen molar-refractivity contribution in [3.05, 3.63) is 58.1 Å². The summed E-state index contributed by atoms with van der Waals surface area (Å²) < 4.78 is 41.5. The lowest BCUT2D eigenvalue weighted by Crippen LogP contribution is -2.53. The Kier molecular flexibility index (Phi) is 9.19. The highest BCUT2D eigenvalue weighted by atomic mass is 35.5. The molecule has 10 nitrogen and oxygen atoms in total. The van der Waals surface area contributed by atoms with E-state index >= 15 is 0 Å². The highest BCUT2D eigenvalue weighted by Gasteiger charge is 2.45. The molecular weight excluding hydrogens is 654 g/mol. The maximum Gasteiger partial charge on any atom is 0.264 e. The number of ether oxygens (including phenoxy) is 2. The van der Waals surface area contributed by atoms with Crippen LogP contribution in [-0.2, 0) is 31.4 Å². The van der Waals surface area contributed by atoms with Crippen molar-refractivity contribution in [2.24, 2.45) is 17.8 Å². The van der Waals surface area contributed by atoms with Crippen LogP contribution >= 0.6 is 11.6 Å². The van der Waals surface area contributed by atoms with Gasteiger partial charge in [-0.25, -0.2) is 13.1 Å². The van der Waals surface area contributed by atoms with E-state index < -0.39 is 33.2 Å². The molecule has 3 heterocycles. The average molecular weight is 700 g/mol. The van der Waals surface area contributed by atoms with E-state index in [2.05, 4.69) is 21.8 Å². The molecule has 2 aliphatic carbocycles. The smallest absolute Gasteiger partial charge is 0.264 e. The van der Waals surface area contributed by atoms with Crippen LogP contribution in [0.5, 0.6) is 5.75 Å². The van der Waals surface area contributed by atoms with Gasteiger partial charge < -0.3 is 24.4 Å². The lowest BCUT2D eigenvalue weighted by Gasteiger charge is -2.47. The summed E-state index contributed by atoms with van der Waals surface area (Å²) in [4.78, 5) is 30.7. The van der Waals surface area contributed by atoms with Crippen LogP contribution in [0.1, 0.15) is 73.9 Å². The van der Waals surface area contributed by atoms with E-state index in [0.29, 0.717) is 56.5 Å². The zero-order chi connectivity index (χ0) is 33.8. The molecule has 2 aromatic rings. The Morgan fingerprint density at radius 1 is 1.08 bits per heavy atom. The second-order valence-electron chi connectivity index (χ2n) is 14.8. The molecule has 12 heteroatoms. The monoisotopic (exact) mass is 699 g/mol. The van der Waals surface area contributed by atoms with Crippen molar-refractivity contribution in [3.8, 4) is 5.75 Å². The van der Waals surface area contributed by atoms with Crippen molar-refractivity contribution in [3.63, 3.8) is 0 Å². The van der Waals surface area contributed by atoms with Gasteiger partial charge in [0.2, 0.25) is 15.9 Å². The molecule has 260 valence electrons. The molecular formula is C36H46ClN3O7S. The molecule has 2 N–H and O–H groups in total. The molecule has 1 spiro atoms. The number of aliphatic hydroxyl groups excluding tert-OH is 1. The minimum absolute atomic E-state index is 0.0227. The predicted octanol–water partition coefficient (Wildman–Crippen LogP) is 4.31. The SMILES string of the molecule is C[C@@H]1[C@@H](C)C[C@H](N2CCOCC2=O)C[C@H](O)[C@@H]2CC[C@H]2CN2C[C@@]3(CCCc4cc(Cl)ccc43)COc3ccc(cc32)C(=O)NS1(=O)=O. The van der Waals surface area contributed by atoms with E-state index in [1.54, 1.807) is 30.0 Å².